The van der Waals surface area contributed by atoms with Crippen molar-refractivity contribution in [2.45, 2.75) is 13.3 Å². The first-order valence-corrected chi connectivity index (χ1v) is 8.03. The van der Waals surface area contributed by atoms with E-state index < -0.39 is 0 Å². The molecule has 1 N–H and O–H groups in total. The lowest BCUT2D eigenvalue weighted by molar-refractivity contribution is 0.362. The number of halogens is 1. The number of aromatic nitrogens is 4. The normalized spacial score (nSPS) is 15.0. The lowest BCUT2D eigenvalue weighted by atomic mass is 10.3. The van der Waals surface area contributed by atoms with Gasteiger partial charge in [-0.05, 0) is 13.0 Å². The van der Waals surface area contributed by atoms with Crippen LogP contribution in [-0.4, -0.2) is 70.7 Å². The van der Waals surface area contributed by atoms with Crippen LogP contribution in [0.2, 0.25) is 0 Å². The second-order valence-corrected chi connectivity index (χ2v) is 5.48. The number of rotatable bonds is 4. The molecule has 1 aliphatic heterocycles. The summed E-state index contributed by atoms with van der Waals surface area (Å²) in [6.45, 7) is 6.00. The predicted octanol–water partition coefficient (Wildman–Crippen LogP) is 0.726. The van der Waals surface area contributed by atoms with E-state index in [1.807, 2.05) is 13.0 Å². The van der Waals surface area contributed by atoms with Crippen molar-refractivity contribution in [1.82, 2.24) is 30.3 Å². The predicted molar refractivity (Wildman–Crippen MR) is 105 cm³/mol. The Bertz CT molecular complexity index is 669. The van der Waals surface area contributed by atoms with Crippen molar-refractivity contribution >= 4 is 35.9 Å². The van der Waals surface area contributed by atoms with Gasteiger partial charge in [-0.2, -0.15) is 4.98 Å². The fourth-order valence-electron chi connectivity index (χ4n) is 2.63. The number of nitrogens with zero attached hydrogens (tertiary/aromatic N) is 7. The Hall–Kier alpha value is -1.98. The summed E-state index contributed by atoms with van der Waals surface area (Å²) in [6, 6.07) is 1.83. The van der Waals surface area contributed by atoms with Crippen molar-refractivity contribution in [3.05, 3.63) is 30.2 Å². The van der Waals surface area contributed by atoms with E-state index in [4.69, 9.17) is 4.52 Å². The van der Waals surface area contributed by atoms with E-state index in [1.54, 1.807) is 19.4 Å². The minimum Gasteiger partial charge on any atom is -0.356 e. The Balaban J connectivity index is 0.00000225. The Morgan fingerprint density at radius 1 is 1.24 bits per heavy atom. The highest BCUT2D eigenvalue weighted by Gasteiger charge is 2.21. The van der Waals surface area contributed by atoms with Crippen molar-refractivity contribution in [2.75, 3.05) is 44.7 Å². The zero-order valence-electron chi connectivity index (χ0n) is 14.4. The molecule has 0 unspecified atom stereocenters. The molecule has 9 nitrogen and oxygen atoms in total. The fourth-order valence-corrected chi connectivity index (χ4v) is 2.63. The highest BCUT2D eigenvalue weighted by molar-refractivity contribution is 14.0. The van der Waals surface area contributed by atoms with Crippen molar-refractivity contribution in [3.8, 4) is 0 Å². The smallest absolute Gasteiger partial charge is 0.228 e. The number of hydrogen-bond donors (Lipinski definition) is 1. The summed E-state index contributed by atoms with van der Waals surface area (Å²) in [5.74, 6) is 2.97. The number of aliphatic imine (C=N–C) groups is 1. The molecule has 0 aliphatic carbocycles. The molecule has 2 aromatic rings. The van der Waals surface area contributed by atoms with Crippen LogP contribution in [0.1, 0.15) is 11.7 Å². The van der Waals surface area contributed by atoms with Gasteiger partial charge in [0, 0.05) is 58.6 Å². The first kappa shape index (κ1) is 19.3. The Kier molecular flexibility index (Phi) is 7.34. The van der Waals surface area contributed by atoms with E-state index in [0.717, 1.165) is 38.1 Å². The summed E-state index contributed by atoms with van der Waals surface area (Å²) >= 11 is 0. The molecular weight excluding hydrogens is 435 g/mol. The van der Waals surface area contributed by atoms with Crippen LogP contribution in [0.15, 0.2) is 28.0 Å². The van der Waals surface area contributed by atoms with Crippen molar-refractivity contribution < 1.29 is 4.52 Å². The molecule has 0 spiro atoms. The topological polar surface area (TPSA) is 95.6 Å². The first-order chi connectivity index (χ1) is 11.8. The van der Waals surface area contributed by atoms with Crippen LogP contribution in [0.4, 0.5) is 5.95 Å². The molecule has 0 atom stereocenters. The summed E-state index contributed by atoms with van der Waals surface area (Å²) < 4.78 is 5.11. The van der Waals surface area contributed by atoms with Crippen LogP contribution in [-0.2, 0) is 6.42 Å². The Labute approximate surface area is 164 Å². The third-order valence-corrected chi connectivity index (χ3v) is 3.82. The molecule has 10 heteroatoms. The molecule has 136 valence electrons. The lowest BCUT2D eigenvalue weighted by Gasteiger charge is -2.36. The standard InChI is InChI=1S/C15H22N8O.HI/c1-12-20-13(24-21-12)4-7-19-14(16-2)22-8-10-23(11-9-22)15-17-5-3-6-18-15;/h3,5-6H,4,7-11H2,1-2H3,(H,16,19);1H. The third kappa shape index (κ3) is 5.25. The van der Waals surface area contributed by atoms with Crippen molar-refractivity contribution in [1.29, 1.82) is 0 Å². The van der Waals surface area contributed by atoms with E-state index in [2.05, 4.69) is 40.2 Å². The quantitative estimate of drug-likeness (QED) is 0.407. The van der Waals surface area contributed by atoms with Crippen molar-refractivity contribution in [2.24, 2.45) is 4.99 Å². The Morgan fingerprint density at radius 3 is 2.56 bits per heavy atom. The zero-order valence-corrected chi connectivity index (χ0v) is 16.8. The van der Waals surface area contributed by atoms with Gasteiger partial charge in [-0.25, -0.2) is 9.97 Å². The summed E-state index contributed by atoms with van der Waals surface area (Å²) in [4.78, 5) is 21.6. The van der Waals surface area contributed by atoms with Gasteiger partial charge in [0.1, 0.15) is 0 Å². The summed E-state index contributed by atoms with van der Waals surface area (Å²) in [5, 5.41) is 7.14. The molecule has 2 aromatic heterocycles. The van der Waals surface area contributed by atoms with E-state index in [1.165, 1.54) is 0 Å². The first-order valence-electron chi connectivity index (χ1n) is 8.03. The number of nitrogens with one attached hydrogen (secondary N) is 1. The largest absolute Gasteiger partial charge is 0.356 e. The second kappa shape index (κ2) is 9.49. The van der Waals surface area contributed by atoms with E-state index in [-0.39, 0.29) is 24.0 Å². The van der Waals surface area contributed by atoms with Gasteiger partial charge in [0.05, 0.1) is 0 Å². The SMILES string of the molecule is CN=C(NCCc1nc(C)no1)N1CCN(c2ncccn2)CC1.I. The minimum absolute atomic E-state index is 0. The highest BCUT2D eigenvalue weighted by atomic mass is 127. The molecule has 0 bridgehead atoms. The van der Waals surface area contributed by atoms with Crippen LogP contribution < -0.4 is 10.2 Å². The molecule has 1 saturated heterocycles. The maximum Gasteiger partial charge on any atom is 0.228 e. The fraction of sp³-hybridized carbons (Fsp3) is 0.533. The summed E-state index contributed by atoms with van der Waals surface area (Å²) in [7, 11) is 1.80. The molecule has 1 aliphatic rings. The van der Waals surface area contributed by atoms with E-state index >= 15 is 0 Å². The third-order valence-electron chi connectivity index (χ3n) is 3.82. The number of guanidine groups is 1. The van der Waals surface area contributed by atoms with Gasteiger partial charge in [-0.1, -0.05) is 5.16 Å². The van der Waals surface area contributed by atoms with Crippen LogP contribution in [0.25, 0.3) is 0 Å². The van der Waals surface area contributed by atoms with Gasteiger partial charge in [-0.15, -0.1) is 24.0 Å². The van der Waals surface area contributed by atoms with E-state index in [9.17, 15) is 0 Å². The van der Waals surface area contributed by atoms with Gasteiger partial charge >= 0.3 is 0 Å². The molecule has 0 amide bonds. The van der Waals surface area contributed by atoms with Crippen molar-refractivity contribution in [3.63, 3.8) is 0 Å². The monoisotopic (exact) mass is 458 g/mol. The van der Waals surface area contributed by atoms with Crippen LogP contribution in [0.3, 0.4) is 0 Å². The van der Waals surface area contributed by atoms with E-state index in [0.29, 0.717) is 24.7 Å². The number of aryl methyl sites for hydroxylation is 1. The summed E-state index contributed by atoms with van der Waals surface area (Å²) in [6.07, 6.45) is 4.22. The van der Waals surface area contributed by atoms with Gasteiger partial charge in [0.25, 0.3) is 0 Å². The van der Waals surface area contributed by atoms with Crippen LogP contribution >= 0.6 is 24.0 Å². The molecule has 3 rings (SSSR count). The summed E-state index contributed by atoms with van der Waals surface area (Å²) in [5.41, 5.74) is 0. The maximum absolute atomic E-state index is 5.11. The second-order valence-electron chi connectivity index (χ2n) is 5.48. The number of piperazine rings is 1. The zero-order chi connectivity index (χ0) is 16.8. The van der Waals surface area contributed by atoms with Gasteiger partial charge in [0.2, 0.25) is 11.8 Å². The number of hydrogen-bond acceptors (Lipinski definition) is 7. The average Bonchev–Trinajstić information content (AvgIpc) is 3.05. The average molecular weight is 458 g/mol. The molecule has 25 heavy (non-hydrogen) atoms. The van der Waals surface area contributed by atoms with Gasteiger partial charge < -0.3 is 19.6 Å². The molecule has 0 radical (unpaired) electrons. The van der Waals surface area contributed by atoms with Gasteiger partial charge in [0.15, 0.2) is 11.8 Å². The minimum atomic E-state index is 0. The van der Waals surface area contributed by atoms with Crippen LogP contribution in [0.5, 0.6) is 0 Å². The molecule has 0 aromatic carbocycles. The molecular formula is C15H23IN8O. The van der Waals surface area contributed by atoms with Gasteiger partial charge in [-0.3, -0.25) is 4.99 Å². The number of anilines is 1. The molecule has 1 fully saturated rings. The van der Waals surface area contributed by atoms with Crippen LogP contribution in [0, 0.1) is 6.92 Å². The highest BCUT2D eigenvalue weighted by Crippen LogP contribution is 2.09. The maximum atomic E-state index is 5.11. The Morgan fingerprint density at radius 2 is 1.96 bits per heavy atom. The molecule has 0 saturated carbocycles. The molecule has 3 heterocycles. The lowest BCUT2D eigenvalue weighted by Crippen LogP contribution is -2.53.